The van der Waals surface area contributed by atoms with Crippen molar-refractivity contribution in [1.29, 1.82) is 0 Å². The summed E-state index contributed by atoms with van der Waals surface area (Å²) in [5, 5.41) is 14.4. The third kappa shape index (κ3) is 7.74. The van der Waals surface area contributed by atoms with Crippen LogP contribution in [0.15, 0.2) is 0 Å². The number of carbonyl (C=O) groups is 1. The molecule has 0 heterocycles. The Hall–Kier alpha value is -0.610. The van der Waals surface area contributed by atoms with Crippen LogP contribution in [-0.4, -0.2) is 36.2 Å². The van der Waals surface area contributed by atoms with Gasteiger partial charge in [-0.3, -0.25) is 4.79 Å². The molecule has 0 aromatic carbocycles. The highest BCUT2D eigenvalue weighted by atomic mass is 16.3. The Labute approximate surface area is 79.7 Å². The fraction of sp³-hybridized carbons (Fsp3) is 0.889. The third-order valence-electron chi connectivity index (χ3n) is 1.64. The van der Waals surface area contributed by atoms with E-state index in [-0.39, 0.29) is 18.6 Å². The highest BCUT2D eigenvalue weighted by molar-refractivity contribution is 5.78. The SMILES string of the molecule is CC(C)NCC(=O)NC(C)CCO. The van der Waals surface area contributed by atoms with Crippen molar-refractivity contribution in [3.05, 3.63) is 0 Å². The molecule has 0 aliphatic carbocycles. The first-order valence-corrected chi connectivity index (χ1v) is 4.70. The molecule has 0 aliphatic rings. The number of hydrogen-bond donors (Lipinski definition) is 3. The number of amides is 1. The molecule has 0 saturated carbocycles. The van der Waals surface area contributed by atoms with Gasteiger partial charge >= 0.3 is 0 Å². The van der Waals surface area contributed by atoms with E-state index in [1.165, 1.54) is 0 Å². The zero-order valence-corrected chi connectivity index (χ0v) is 8.63. The molecule has 1 amide bonds. The van der Waals surface area contributed by atoms with E-state index in [2.05, 4.69) is 10.6 Å². The Morgan fingerprint density at radius 3 is 2.46 bits per heavy atom. The average Bonchev–Trinajstić information content (AvgIpc) is 2.01. The van der Waals surface area contributed by atoms with Gasteiger partial charge in [0, 0.05) is 18.7 Å². The van der Waals surface area contributed by atoms with Gasteiger partial charge in [-0.1, -0.05) is 13.8 Å². The smallest absolute Gasteiger partial charge is 0.234 e. The molecular weight excluding hydrogens is 168 g/mol. The lowest BCUT2D eigenvalue weighted by atomic mass is 10.2. The molecule has 1 atom stereocenters. The Balaban J connectivity index is 3.50. The Bertz CT molecular complexity index is 149. The number of nitrogens with one attached hydrogen (secondary N) is 2. The van der Waals surface area contributed by atoms with Crippen LogP contribution in [0.2, 0.25) is 0 Å². The summed E-state index contributed by atoms with van der Waals surface area (Å²) in [7, 11) is 0. The molecular formula is C9H20N2O2. The van der Waals surface area contributed by atoms with Gasteiger partial charge in [-0.2, -0.15) is 0 Å². The van der Waals surface area contributed by atoms with Gasteiger partial charge in [0.25, 0.3) is 0 Å². The van der Waals surface area contributed by atoms with Crippen molar-refractivity contribution >= 4 is 5.91 Å². The fourth-order valence-corrected chi connectivity index (χ4v) is 0.888. The number of aliphatic hydroxyl groups excluding tert-OH is 1. The van der Waals surface area contributed by atoms with Crippen LogP contribution in [0.3, 0.4) is 0 Å². The Morgan fingerprint density at radius 1 is 1.38 bits per heavy atom. The van der Waals surface area contributed by atoms with Crippen LogP contribution < -0.4 is 10.6 Å². The van der Waals surface area contributed by atoms with Gasteiger partial charge in [0.1, 0.15) is 0 Å². The molecule has 0 radical (unpaired) electrons. The van der Waals surface area contributed by atoms with Crippen molar-refractivity contribution in [2.75, 3.05) is 13.2 Å². The molecule has 78 valence electrons. The lowest BCUT2D eigenvalue weighted by molar-refractivity contribution is -0.121. The molecule has 13 heavy (non-hydrogen) atoms. The van der Waals surface area contributed by atoms with Crippen LogP contribution in [-0.2, 0) is 4.79 Å². The normalized spacial score (nSPS) is 13.0. The van der Waals surface area contributed by atoms with Gasteiger partial charge in [-0.15, -0.1) is 0 Å². The van der Waals surface area contributed by atoms with E-state index < -0.39 is 0 Å². The van der Waals surface area contributed by atoms with Crippen molar-refractivity contribution in [3.8, 4) is 0 Å². The molecule has 1 unspecified atom stereocenters. The number of rotatable bonds is 6. The van der Waals surface area contributed by atoms with E-state index in [0.29, 0.717) is 19.0 Å². The van der Waals surface area contributed by atoms with Crippen LogP contribution >= 0.6 is 0 Å². The first kappa shape index (κ1) is 12.4. The van der Waals surface area contributed by atoms with Crippen molar-refractivity contribution < 1.29 is 9.90 Å². The second-order valence-corrected chi connectivity index (χ2v) is 3.52. The molecule has 0 aromatic rings. The maximum atomic E-state index is 11.2. The molecule has 4 nitrogen and oxygen atoms in total. The largest absolute Gasteiger partial charge is 0.396 e. The summed E-state index contributed by atoms with van der Waals surface area (Å²) in [6.07, 6.45) is 0.605. The summed E-state index contributed by atoms with van der Waals surface area (Å²) in [6, 6.07) is 0.366. The quantitative estimate of drug-likeness (QED) is 0.544. The van der Waals surface area contributed by atoms with E-state index in [1.807, 2.05) is 20.8 Å². The highest BCUT2D eigenvalue weighted by Crippen LogP contribution is 1.87. The molecule has 3 N–H and O–H groups in total. The molecule has 0 saturated heterocycles. The number of aliphatic hydroxyl groups is 1. The zero-order chi connectivity index (χ0) is 10.3. The van der Waals surface area contributed by atoms with Crippen LogP contribution in [0.1, 0.15) is 27.2 Å². The minimum Gasteiger partial charge on any atom is -0.396 e. The van der Waals surface area contributed by atoms with E-state index in [1.54, 1.807) is 0 Å². The monoisotopic (exact) mass is 188 g/mol. The molecule has 4 heteroatoms. The van der Waals surface area contributed by atoms with E-state index in [4.69, 9.17) is 5.11 Å². The second kappa shape index (κ2) is 6.86. The third-order valence-corrected chi connectivity index (χ3v) is 1.64. The van der Waals surface area contributed by atoms with Crippen molar-refractivity contribution in [1.82, 2.24) is 10.6 Å². The van der Waals surface area contributed by atoms with Gasteiger partial charge < -0.3 is 15.7 Å². The van der Waals surface area contributed by atoms with E-state index in [0.717, 1.165) is 0 Å². The van der Waals surface area contributed by atoms with Crippen LogP contribution in [0.25, 0.3) is 0 Å². The molecule has 0 fully saturated rings. The van der Waals surface area contributed by atoms with Crippen molar-refractivity contribution in [2.45, 2.75) is 39.3 Å². The van der Waals surface area contributed by atoms with Crippen molar-refractivity contribution in [2.24, 2.45) is 0 Å². The number of carbonyl (C=O) groups excluding carboxylic acids is 1. The van der Waals surface area contributed by atoms with Gasteiger partial charge in [0.15, 0.2) is 0 Å². The summed E-state index contributed by atoms with van der Waals surface area (Å²) in [6.45, 7) is 6.31. The Kier molecular flexibility index (Phi) is 6.54. The average molecular weight is 188 g/mol. The summed E-state index contributed by atoms with van der Waals surface area (Å²) < 4.78 is 0. The first-order valence-electron chi connectivity index (χ1n) is 4.70. The maximum absolute atomic E-state index is 11.2. The standard InChI is InChI=1S/C9H20N2O2/c1-7(2)10-6-9(13)11-8(3)4-5-12/h7-8,10,12H,4-6H2,1-3H3,(H,11,13). The zero-order valence-electron chi connectivity index (χ0n) is 8.63. The summed E-state index contributed by atoms with van der Waals surface area (Å²) >= 11 is 0. The van der Waals surface area contributed by atoms with Gasteiger partial charge in [-0.25, -0.2) is 0 Å². The molecule has 0 aromatic heterocycles. The summed E-state index contributed by atoms with van der Waals surface area (Å²) in [5.41, 5.74) is 0. The summed E-state index contributed by atoms with van der Waals surface area (Å²) in [5.74, 6) is -0.0188. The molecule has 0 bridgehead atoms. The Morgan fingerprint density at radius 2 is 2.00 bits per heavy atom. The topological polar surface area (TPSA) is 61.4 Å². The van der Waals surface area contributed by atoms with Crippen molar-refractivity contribution in [3.63, 3.8) is 0 Å². The first-order chi connectivity index (χ1) is 6.06. The minimum atomic E-state index is -0.0188. The van der Waals surface area contributed by atoms with E-state index in [9.17, 15) is 4.79 Å². The molecule has 0 aliphatic heterocycles. The minimum absolute atomic E-state index is 0.0188. The van der Waals surface area contributed by atoms with Crippen LogP contribution in [0.5, 0.6) is 0 Å². The predicted molar refractivity (Wildman–Crippen MR) is 52.4 cm³/mol. The number of hydrogen-bond acceptors (Lipinski definition) is 3. The van der Waals surface area contributed by atoms with Gasteiger partial charge in [-0.05, 0) is 13.3 Å². The predicted octanol–water partition coefficient (Wildman–Crippen LogP) is -0.128. The fourth-order valence-electron chi connectivity index (χ4n) is 0.888. The van der Waals surface area contributed by atoms with Gasteiger partial charge in [0.05, 0.1) is 6.54 Å². The molecule has 0 spiro atoms. The molecule has 0 rings (SSSR count). The van der Waals surface area contributed by atoms with Gasteiger partial charge in [0.2, 0.25) is 5.91 Å². The maximum Gasteiger partial charge on any atom is 0.234 e. The van der Waals surface area contributed by atoms with E-state index >= 15 is 0 Å². The van der Waals surface area contributed by atoms with Crippen LogP contribution in [0, 0.1) is 0 Å². The lowest BCUT2D eigenvalue weighted by Gasteiger charge is -2.13. The summed E-state index contributed by atoms with van der Waals surface area (Å²) in [4.78, 5) is 11.2. The highest BCUT2D eigenvalue weighted by Gasteiger charge is 2.06. The van der Waals surface area contributed by atoms with Crippen LogP contribution in [0.4, 0.5) is 0 Å². The lowest BCUT2D eigenvalue weighted by Crippen LogP contribution is -2.41. The second-order valence-electron chi connectivity index (χ2n) is 3.52.